The molecular weight excluding hydrogens is 352 g/mol. The number of amides is 2. The first-order valence-corrected chi connectivity index (χ1v) is 8.01. The molecule has 1 aromatic carbocycles. The van der Waals surface area contributed by atoms with E-state index >= 15 is 0 Å². The van der Waals surface area contributed by atoms with Gasteiger partial charge in [0, 0.05) is 17.5 Å². The molecular formula is C15H15BrN2O2S. The van der Waals surface area contributed by atoms with Crippen LogP contribution in [0.5, 0.6) is 0 Å². The van der Waals surface area contributed by atoms with Crippen molar-refractivity contribution < 1.29 is 9.59 Å². The molecule has 0 saturated heterocycles. The van der Waals surface area contributed by atoms with E-state index in [1.54, 1.807) is 23.5 Å². The fraction of sp³-hybridized carbons (Fsp3) is 0.200. The molecule has 0 bridgehead atoms. The van der Waals surface area contributed by atoms with Crippen LogP contribution in [0.15, 0.2) is 40.2 Å². The molecule has 21 heavy (non-hydrogen) atoms. The fourth-order valence-corrected chi connectivity index (χ4v) is 3.21. The number of hydrogen-bond donors (Lipinski definition) is 2. The van der Waals surface area contributed by atoms with Gasteiger partial charge in [-0.25, -0.2) is 0 Å². The average Bonchev–Trinajstić information content (AvgIpc) is 2.84. The summed E-state index contributed by atoms with van der Waals surface area (Å²) in [6, 6.07) is 11.2. The highest BCUT2D eigenvalue weighted by Crippen LogP contribution is 2.21. The van der Waals surface area contributed by atoms with E-state index in [9.17, 15) is 9.59 Å². The van der Waals surface area contributed by atoms with Gasteiger partial charge in [-0.3, -0.25) is 9.59 Å². The van der Waals surface area contributed by atoms with Crippen molar-refractivity contribution in [2.75, 3.05) is 5.32 Å². The molecule has 0 saturated carbocycles. The van der Waals surface area contributed by atoms with Crippen molar-refractivity contribution in [3.63, 3.8) is 0 Å². The van der Waals surface area contributed by atoms with E-state index in [4.69, 9.17) is 0 Å². The summed E-state index contributed by atoms with van der Waals surface area (Å²) in [7, 11) is 0. The zero-order chi connectivity index (χ0) is 15.2. The van der Waals surface area contributed by atoms with Crippen LogP contribution in [0.3, 0.4) is 0 Å². The van der Waals surface area contributed by atoms with Gasteiger partial charge in [-0.2, -0.15) is 0 Å². The average molecular weight is 367 g/mol. The van der Waals surface area contributed by atoms with Crippen molar-refractivity contribution in [1.29, 1.82) is 0 Å². The molecule has 1 aromatic heterocycles. The maximum absolute atomic E-state index is 11.9. The van der Waals surface area contributed by atoms with Crippen LogP contribution in [0, 0.1) is 0 Å². The third-order valence-electron chi connectivity index (χ3n) is 2.73. The smallest absolute Gasteiger partial charge is 0.224 e. The highest BCUT2D eigenvalue weighted by atomic mass is 79.9. The number of benzene rings is 1. The number of nitrogens with one attached hydrogen (secondary N) is 2. The standard InChI is InChI=1S/C15H15BrN2O2S/c1-10(19)18-12-4-2-11(3-5-12)8-15(20)17-9-13-6-7-14(16)21-13/h2-7H,8-9H2,1H3,(H,17,20)(H,18,19). The molecule has 0 fully saturated rings. The first kappa shape index (κ1) is 15.7. The van der Waals surface area contributed by atoms with E-state index in [0.717, 1.165) is 19.9 Å². The molecule has 0 radical (unpaired) electrons. The Morgan fingerprint density at radius 1 is 1.14 bits per heavy atom. The Bertz CT molecular complexity index is 637. The summed E-state index contributed by atoms with van der Waals surface area (Å²) in [4.78, 5) is 23.9. The molecule has 6 heteroatoms. The van der Waals surface area contributed by atoms with Crippen LogP contribution in [0.1, 0.15) is 17.4 Å². The summed E-state index contributed by atoms with van der Waals surface area (Å²) in [6.07, 6.45) is 0.326. The summed E-state index contributed by atoms with van der Waals surface area (Å²) in [6.45, 7) is 2.00. The number of carbonyl (C=O) groups is 2. The topological polar surface area (TPSA) is 58.2 Å². The molecule has 110 valence electrons. The Kier molecular flexibility index (Phi) is 5.52. The van der Waals surface area contributed by atoms with Gasteiger partial charge in [-0.15, -0.1) is 11.3 Å². The van der Waals surface area contributed by atoms with E-state index in [2.05, 4.69) is 26.6 Å². The zero-order valence-electron chi connectivity index (χ0n) is 11.5. The second kappa shape index (κ2) is 7.38. The predicted octanol–water partition coefficient (Wildman–Crippen LogP) is 3.33. The normalized spacial score (nSPS) is 10.2. The summed E-state index contributed by atoms with van der Waals surface area (Å²) >= 11 is 5.00. The van der Waals surface area contributed by atoms with Gasteiger partial charge in [-0.05, 0) is 45.8 Å². The molecule has 2 aromatic rings. The van der Waals surface area contributed by atoms with Gasteiger partial charge >= 0.3 is 0 Å². The van der Waals surface area contributed by atoms with Crippen LogP contribution in [0.2, 0.25) is 0 Å². The Balaban J connectivity index is 1.83. The summed E-state index contributed by atoms with van der Waals surface area (Å²) in [5, 5.41) is 5.58. The molecule has 0 aliphatic heterocycles. The molecule has 1 heterocycles. The Morgan fingerprint density at radius 3 is 2.43 bits per heavy atom. The lowest BCUT2D eigenvalue weighted by Gasteiger charge is -2.06. The number of rotatable bonds is 5. The molecule has 0 aliphatic rings. The minimum Gasteiger partial charge on any atom is -0.351 e. The van der Waals surface area contributed by atoms with E-state index < -0.39 is 0 Å². The highest BCUT2D eigenvalue weighted by Gasteiger charge is 2.05. The van der Waals surface area contributed by atoms with Crippen molar-refractivity contribution in [1.82, 2.24) is 5.32 Å². The Hall–Kier alpha value is -1.66. The molecule has 4 nitrogen and oxygen atoms in total. The van der Waals surface area contributed by atoms with Gasteiger partial charge in [0.1, 0.15) is 0 Å². The monoisotopic (exact) mass is 366 g/mol. The second-order valence-corrected chi connectivity index (χ2v) is 7.09. The lowest BCUT2D eigenvalue weighted by atomic mass is 10.1. The number of hydrogen-bond acceptors (Lipinski definition) is 3. The minimum atomic E-state index is -0.109. The van der Waals surface area contributed by atoms with Gasteiger partial charge in [0.15, 0.2) is 0 Å². The largest absolute Gasteiger partial charge is 0.351 e. The van der Waals surface area contributed by atoms with Crippen molar-refractivity contribution in [2.24, 2.45) is 0 Å². The summed E-state index contributed by atoms with van der Waals surface area (Å²) in [5.41, 5.74) is 1.64. The molecule has 2 amide bonds. The van der Waals surface area contributed by atoms with E-state index in [1.165, 1.54) is 6.92 Å². The zero-order valence-corrected chi connectivity index (χ0v) is 13.9. The molecule has 0 spiro atoms. The molecule has 0 unspecified atom stereocenters. The lowest BCUT2D eigenvalue weighted by molar-refractivity contribution is -0.120. The van der Waals surface area contributed by atoms with Gasteiger partial charge in [-0.1, -0.05) is 12.1 Å². The molecule has 0 atom stereocenters. The fourth-order valence-electron chi connectivity index (χ4n) is 1.79. The number of halogens is 1. The van der Waals surface area contributed by atoms with Crippen molar-refractivity contribution in [3.8, 4) is 0 Å². The van der Waals surface area contributed by atoms with Crippen LogP contribution < -0.4 is 10.6 Å². The summed E-state index contributed by atoms with van der Waals surface area (Å²) in [5.74, 6) is -0.130. The van der Waals surface area contributed by atoms with E-state index in [-0.39, 0.29) is 11.8 Å². The maximum Gasteiger partial charge on any atom is 0.224 e. The van der Waals surface area contributed by atoms with Crippen LogP contribution in [0.4, 0.5) is 5.69 Å². The van der Waals surface area contributed by atoms with Crippen LogP contribution in [0.25, 0.3) is 0 Å². The van der Waals surface area contributed by atoms with Crippen molar-refractivity contribution in [2.45, 2.75) is 19.9 Å². The summed E-state index contributed by atoms with van der Waals surface area (Å²) < 4.78 is 1.06. The Labute approximate surface area is 135 Å². The van der Waals surface area contributed by atoms with Gasteiger partial charge in [0.25, 0.3) is 0 Å². The first-order valence-electron chi connectivity index (χ1n) is 6.40. The van der Waals surface area contributed by atoms with Gasteiger partial charge < -0.3 is 10.6 Å². The van der Waals surface area contributed by atoms with E-state index in [1.807, 2.05) is 24.3 Å². The van der Waals surface area contributed by atoms with E-state index in [0.29, 0.717) is 13.0 Å². The van der Waals surface area contributed by atoms with Gasteiger partial charge in [0.05, 0.1) is 16.8 Å². The van der Waals surface area contributed by atoms with Gasteiger partial charge in [0.2, 0.25) is 11.8 Å². The lowest BCUT2D eigenvalue weighted by Crippen LogP contribution is -2.24. The third kappa shape index (κ3) is 5.32. The molecule has 0 aliphatic carbocycles. The van der Waals surface area contributed by atoms with Crippen LogP contribution in [-0.2, 0) is 22.6 Å². The SMILES string of the molecule is CC(=O)Nc1ccc(CC(=O)NCc2ccc(Br)s2)cc1. The quantitative estimate of drug-likeness (QED) is 0.852. The van der Waals surface area contributed by atoms with Crippen LogP contribution in [-0.4, -0.2) is 11.8 Å². The third-order valence-corrected chi connectivity index (χ3v) is 4.35. The highest BCUT2D eigenvalue weighted by molar-refractivity contribution is 9.11. The van der Waals surface area contributed by atoms with Crippen molar-refractivity contribution in [3.05, 3.63) is 50.6 Å². The number of carbonyl (C=O) groups excluding carboxylic acids is 2. The number of anilines is 1. The maximum atomic E-state index is 11.9. The van der Waals surface area contributed by atoms with Crippen molar-refractivity contribution >= 4 is 44.8 Å². The Morgan fingerprint density at radius 2 is 1.86 bits per heavy atom. The molecule has 2 rings (SSSR count). The van der Waals surface area contributed by atoms with Crippen LogP contribution >= 0.6 is 27.3 Å². The minimum absolute atomic E-state index is 0.0215. The second-order valence-electron chi connectivity index (χ2n) is 4.54. The predicted molar refractivity (Wildman–Crippen MR) is 88.3 cm³/mol. The molecule has 2 N–H and O–H groups in total. The number of thiophene rings is 1. The first-order chi connectivity index (χ1) is 10.0.